The molecule has 5 heteroatoms. The summed E-state index contributed by atoms with van der Waals surface area (Å²) in [4.78, 5) is 14.1. The van der Waals surface area contributed by atoms with Crippen molar-refractivity contribution >= 4 is 18.3 Å². The number of halogens is 1. The Morgan fingerprint density at radius 2 is 1.86 bits per heavy atom. The summed E-state index contributed by atoms with van der Waals surface area (Å²) in [5.74, 6) is 1.60. The van der Waals surface area contributed by atoms with E-state index in [9.17, 15) is 4.79 Å². The number of ether oxygens (including phenoxy) is 1. The Kier molecular flexibility index (Phi) is 7.54. The van der Waals surface area contributed by atoms with Gasteiger partial charge in [0.15, 0.2) is 0 Å². The van der Waals surface area contributed by atoms with Crippen LogP contribution in [0.4, 0.5) is 0 Å². The summed E-state index contributed by atoms with van der Waals surface area (Å²) in [7, 11) is 0. The average Bonchev–Trinajstić information content (AvgIpc) is 2.47. The number of carbonyl (C=O) groups is 1. The number of hydrogen-bond donors (Lipinski definition) is 1. The minimum Gasteiger partial charge on any atom is -0.493 e. The first-order valence-electron chi connectivity index (χ1n) is 7.35. The zero-order valence-corrected chi connectivity index (χ0v) is 13.6. The SMILES string of the molecule is CC(C)COc1ccc(CC(=O)N2CCNCC2)cc1.Cl. The number of nitrogens with one attached hydrogen (secondary N) is 1. The van der Waals surface area contributed by atoms with E-state index in [0.29, 0.717) is 12.3 Å². The Hall–Kier alpha value is -1.26. The molecule has 21 heavy (non-hydrogen) atoms. The van der Waals surface area contributed by atoms with Crippen molar-refractivity contribution in [3.63, 3.8) is 0 Å². The van der Waals surface area contributed by atoms with Crippen LogP contribution in [-0.4, -0.2) is 43.6 Å². The quantitative estimate of drug-likeness (QED) is 0.905. The van der Waals surface area contributed by atoms with Gasteiger partial charge in [-0.3, -0.25) is 4.79 Å². The Labute approximate surface area is 133 Å². The van der Waals surface area contributed by atoms with E-state index in [2.05, 4.69) is 19.2 Å². The summed E-state index contributed by atoms with van der Waals surface area (Å²) in [5, 5.41) is 3.25. The molecule has 0 atom stereocenters. The Morgan fingerprint density at radius 1 is 1.24 bits per heavy atom. The van der Waals surface area contributed by atoms with E-state index in [-0.39, 0.29) is 18.3 Å². The standard InChI is InChI=1S/C16H24N2O2.ClH/c1-13(2)12-20-15-5-3-14(4-6-15)11-16(19)18-9-7-17-8-10-18;/h3-6,13,17H,7-12H2,1-2H3;1H. The molecule has 0 unspecified atom stereocenters. The van der Waals surface area contributed by atoms with Crippen molar-refractivity contribution in [1.29, 1.82) is 0 Å². The van der Waals surface area contributed by atoms with Gasteiger partial charge in [0.2, 0.25) is 5.91 Å². The molecule has 1 aliphatic heterocycles. The van der Waals surface area contributed by atoms with E-state index in [4.69, 9.17) is 4.74 Å². The highest BCUT2D eigenvalue weighted by atomic mass is 35.5. The molecular weight excluding hydrogens is 288 g/mol. The van der Waals surface area contributed by atoms with E-state index in [1.807, 2.05) is 29.2 Å². The second-order valence-electron chi connectivity index (χ2n) is 5.66. The predicted molar refractivity (Wildman–Crippen MR) is 87.2 cm³/mol. The lowest BCUT2D eigenvalue weighted by Crippen LogP contribution is -2.46. The lowest BCUT2D eigenvalue weighted by Gasteiger charge is -2.27. The second-order valence-corrected chi connectivity index (χ2v) is 5.66. The van der Waals surface area contributed by atoms with Crippen molar-refractivity contribution in [1.82, 2.24) is 10.2 Å². The molecule has 1 aliphatic rings. The van der Waals surface area contributed by atoms with Gasteiger partial charge in [-0.15, -0.1) is 12.4 Å². The third-order valence-electron chi connectivity index (χ3n) is 3.33. The molecule has 0 spiro atoms. The Bertz CT molecular complexity index is 428. The summed E-state index contributed by atoms with van der Waals surface area (Å²) in [6.45, 7) is 8.39. The van der Waals surface area contributed by atoms with E-state index in [1.54, 1.807) is 0 Å². The van der Waals surface area contributed by atoms with E-state index >= 15 is 0 Å². The van der Waals surface area contributed by atoms with Crippen molar-refractivity contribution in [2.24, 2.45) is 5.92 Å². The topological polar surface area (TPSA) is 41.6 Å². The van der Waals surface area contributed by atoms with E-state index in [1.165, 1.54) is 0 Å². The minimum atomic E-state index is 0. The molecule has 0 aromatic heterocycles. The molecule has 2 rings (SSSR count). The number of nitrogens with zero attached hydrogens (tertiary/aromatic N) is 1. The van der Waals surface area contributed by atoms with Gasteiger partial charge in [-0.2, -0.15) is 0 Å². The van der Waals surface area contributed by atoms with Crippen molar-refractivity contribution in [3.8, 4) is 5.75 Å². The fourth-order valence-electron chi connectivity index (χ4n) is 2.17. The highest BCUT2D eigenvalue weighted by Crippen LogP contribution is 2.14. The lowest BCUT2D eigenvalue weighted by molar-refractivity contribution is -0.131. The summed E-state index contributed by atoms with van der Waals surface area (Å²) in [6, 6.07) is 7.86. The van der Waals surface area contributed by atoms with Gasteiger partial charge >= 0.3 is 0 Å². The molecule has 1 saturated heterocycles. The van der Waals surface area contributed by atoms with Gasteiger partial charge in [0, 0.05) is 26.2 Å². The minimum absolute atomic E-state index is 0. The molecular formula is C16H25ClN2O2. The molecule has 1 amide bonds. The summed E-state index contributed by atoms with van der Waals surface area (Å²) < 4.78 is 5.64. The van der Waals surface area contributed by atoms with Crippen LogP contribution in [-0.2, 0) is 11.2 Å². The molecule has 0 bridgehead atoms. The van der Waals surface area contributed by atoms with Crippen LogP contribution in [0.3, 0.4) is 0 Å². The first-order valence-corrected chi connectivity index (χ1v) is 7.35. The van der Waals surface area contributed by atoms with Crippen molar-refractivity contribution < 1.29 is 9.53 Å². The maximum atomic E-state index is 12.1. The maximum absolute atomic E-state index is 12.1. The largest absolute Gasteiger partial charge is 0.493 e. The fraction of sp³-hybridized carbons (Fsp3) is 0.562. The number of piperazine rings is 1. The average molecular weight is 313 g/mol. The van der Waals surface area contributed by atoms with Crippen LogP contribution >= 0.6 is 12.4 Å². The monoisotopic (exact) mass is 312 g/mol. The Balaban J connectivity index is 0.00000220. The fourth-order valence-corrected chi connectivity index (χ4v) is 2.17. The lowest BCUT2D eigenvalue weighted by atomic mass is 10.1. The molecule has 1 heterocycles. The molecule has 1 fully saturated rings. The molecule has 1 aromatic rings. The summed E-state index contributed by atoms with van der Waals surface area (Å²) in [6.07, 6.45) is 0.477. The predicted octanol–water partition coefficient (Wildman–Crippen LogP) is 2.12. The van der Waals surface area contributed by atoms with Gasteiger partial charge in [-0.1, -0.05) is 26.0 Å². The molecule has 1 aromatic carbocycles. The zero-order valence-electron chi connectivity index (χ0n) is 12.8. The number of rotatable bonds is 5. The number of benzene rings is 1. The van der Waals surface area contributed by atoms with Crippen LogP contribution in [0.5, 0.6) is 5.75 Å². The first kappa shape index (κ1) is 17.8. The van der Waals surface area contributed by atoms with Crippen LogP contribution in [0.1, 0.15) is 19.4 Å². The Morgan fingerprint density at radius 3 is 2.43 bits per heavy atom. The van der Waals surface area contributed by atoms with Crippen LogP contribution < -0.4 is 10.1 Å². The number of hydrogen-bond acceptors (Lipinski definition) is 3. The molecule has 0 saturated carbocycles. The highest BCUT2D eigenvalue weighted by Gasteiger charge is 2.16. The third kappa shape index (κ3) is 5.94. The number of amides is 1. The van der Waals surface area contributed by atoms with E-state index < -0.39 is 0 Å². The summed E-state index contributed by atoms with van der Waals surface area (Å²) in [5.41, 5.74) is 1.05. The van der Waals surface area contributed by atoms with Crippen molar-refractivity contribution in [2.75, 3.05) is 32.8 Å². The van der Waals surface area contributed by atoms with Gasteiger partial charge in [0.05, 0.1) is 13.0 Å². The molecule has 0 radical (unpaired) electrons. The zero-order chi connectivity index (χ0) is 14.4. The van der Waals surface area contributed by atoms with Gasteiger partial charge in [0.1, 0.15) is 5.75 Å². The smallest absolute Gasteiger partial charge is 0.227 e. The second kappa shape index (κ2) is 8.90. The molecule has 4 nitrogen and oxygen atoms in total. The molecule has 0 aliphatic carbocycles. The molecule has 1 N–H and O–H groups in total. The third-order valence-corrected chi connectivity index (χ3v) is 3.33. The highest BCUT2D eigenvalue weighted by molar-refractivity contribution is 5.85. The van der Waals surface area contributed by atoms with Gasteiger partial charge in [0.25, 0.3) is 0 Å². The number of carbonyl (C=O) groups excluding carboxylic acids is 1. The van der Waals surface area contributed by atoms with Gasteiger partial charge in [-0.25, -0.2) is 0 Å². The van der Waals surface area contributed by atoms with Crippen molar-refractivity contribution in [3.05, 3.63) is 29.8 Å². The van der Waals surface area contributed by atoms with Crippen LogP contribution in [0, 0.1) is 5.92 Å². The normalized spacial score (nSPS) is 14.7. The van der Waals surface area contributed by atoms with E-state index in [0.717, 1.165) is 44.1 Å². The van der Waals surface area contributed by atoms with Crippen LogP contribution in [0.2, 0.25) is 0 Å². The molecule has 118 valence electrons. The van der Waals surface area contributed by atoms with Crippen LogP contribution in [0.25, 0.3) is 0 Å². The van der Waals surface area contributed by atoms with Crippen LogP contribution in [0.15, 0.2) is 24.3 Å². The maximum Gasteiger partial charge on any atom is 0.227 e. The van der Waals surface area contributed by atoms with Gasteiger partial charge in [-0.05, 0) is 23.6 Å². The first-order chi connectivity index (χ1) is 9.65. The van der Waals surface area contributed by atoms with Crippen molar-refractivity contribution in [2.45, 2.75) is 20.3 Å². The summed E-state index contributed by atoms with van der Waals surface area (Å²) >= 11 is 0. The van der Waals surface area contributed by atoms with Gasteiger partial charge < -0.3 is 15.0 Å².